The van der Waals surface area contributed by atoms with Crippen LogP contribution in [0.1, 0.15) is 0 Å². The Balaban J connectivity index is 1.19. The zero-order chi connectivity index (χ0) is 35.6. The van der Waals surface area contributed by atoms with Crippen LogP contribution >= 0.6 is 0 Å². The lowest BCUT2D eigenvalue weighted by atomic mass is 9.85. The van der Waals surface area contributed by atoms with E-state index in [1.807, 2.05) is 6.07 Å². The second kappa shape index (κ2) is 12.2. The molecule has 2 heteroatoms. The Hall–Kier alpha value is -7.16. The minimum absolute atomic E-state index is 0.839. The van der Waals surface area contributed by atoms with Crippen molar-refractivity contribution in [1.29, 1.82) is 0 Å². The van der Waals surface area contributed by atoms with E-state index in [9.17, 15) is 0 Å². The van der Waals surface area contributed by atoms with Crippen LogP contribution in [0.25, 0.3) is 110 Å². The highest BCUT2D eigenvalue weighted by Gasteiger charge is 2.25. The largest absolute Gasteiger partial charge is 0.455 e. The maximum absolute atomic E-state index is 6.98. The molecule has 0 fully saturated rings. The van der Waals surface area contributed by atoms with E-state index < -0.39 is 0 Å². The van der Waals surface area contributed by atoms with E-state index in [4.69, 9.17) is 8.83 Å². The maximum atomic E-state index is 6.98. The zero-order valence-corrected chi connectivity index (χ0v) is 29.3. The van der Waals surface area contributed by atoms with Crippen LogP contribution in [0.4, 0.5) is 0 Å². The van der Waals surface area contributed by atoms with E-state index in [1.54, 1.807) is 0 Å². The second-order valence-electron chi connectivity index (χ2n) is 13.9. The molecule has 0 aliphatic heterocycles. The van der Waals surface area contributed by atoms with E-state index in [1.165, 1.54) is 49.4 Å². The van der Waals surface area contributed by atoms with Crippen LogP contribution < -0.4 is 0 Å². The predicted octanol–water partition coefficient (Wildman–Crippen LogP) is 15.0. The summed E-state index contributed by atoms with van der Waals surface area (Å²) >= 11 is 0. The molecule has 9 aromatic carbocycles. The Morgan fingerprint density at radius 1 is 0.259 bits per heavy atom. The Morgan fingerprint density at radius 2 is 0.704 bits per heavy atom. The smallest absolute Gasteiger partial charge is 0.143 e. The molecular weight excluding hydrogens is 657 g/mol. The van der Waals surface area contributed by atoms with Crippen LogP contribution in [-0.4, -0.2) is 0 Å². The Kier molecular flexibility index (Phi) is 6.90. The molecule has 11 aromatic rings. The first kappa shape index (κ1) is 30.5. The van der Waals surface area contributed by atoms with Crippen LogP contribution in [-0.2, 0) is 0 Å². The van der Waals surface area contributed by atoms with Crippen LogP contribution in [0.5, 0.6) is 0 Å². The van der Waals surface area contributed by atoms with Gasteiger partial charge in [0.15, 0.2) is 0 Å². The maximum Gasteiger partial charge on any atom is 0.143 e. The highest BCUT2D eigenvalue weighted by atomic mass is 16.3. The molecule has 252 valence electrons. The number of para-hydroxylation sites is 1. The molecule has 0 atom stereocenters. The number of rotatable bonds is 5. The molecule has 11 rings (SSSR count). The van der Waals surface area contributed by atoms with E-state index >= 15 is 0 Å². The minimum Gasteiger partial charge on any atom is -0.455 e. The van der Waals surface area contributed by atoms with Crippen molar-refractivity contribution in [3.05, 3.63) is 194 Å². The molecule has 0 bridgehead atoms. The molecule has 0 saturated heterocycles. The Bertz CT molecular complexity index is 3110. The lowest BCUT2D eigenvalue weighted by Crippen LogP contribution is -1.91. The van der Waals surface area contributed by atoms with E-state index in [-0.39, 0.29) is 0 Å². The third-order valence-corrected chi connectivity index (χ3v) is 10.9. The van der Waals surface area contributed by atoms with Crippen molar-refractivity contribution in [3.8, 4) is 55.8 Å². The van der Waals surface area contributed by atoms with Crippen molar-refractivity contribution in [2.24, 2.45) is 0 Å². The molecule has 0 unspecified atom stereocenters. The fourth-order valence-corrected chi connectivity index (χ4v) is 8.54. The van der Waals surface area contributed by atoms with Gasteiger partial charge in [-0.2, -0.15) is 0 Å². The topological polar surface area (TPSA) is 26.3 Å². The van der Waals surface area contributed by atoms with Gasteiger partial charge in [0.25, 0.3) is 0 Å². The SMILES string of the molecule is c1ccc(-c2ccc(-c3c4ccccc4c(-c4cccc5c4oc4ccc6oc(-c7ccccc7)c(-c7ccccc7)c6c45)c4ccccc34)cc2)cc1. The summed E-state index contributed by atoms with van der Waals surface area (Å²) in [4.78, 5) is 0. The van der Waals surface area contributed by atoms with Crippen molar-refractivity contribution in [3.63, 3.8) is 0 Å². The first-order chi connectivity index (χ1) is 26.8. The summed E-state index contributed by atoms with van der Waals surface area (Å²) in [7, 11) is 0. The van der Waals surface area contributed by atoms with Gasteiger partial charge in [0.2, 0.25) is 0 Å². The van der Waals surface area contributed by atoms with E-state index in [0.29, 0.717) is 0 Å². The van der Waals surface area contributed by atoms with Crippen LogP contribution in [0.15, 0.2) is 203 Å². The number of hydrogen-bond donors (Lipinski definition) is 0. The van der Waals surface area contributed by atoms with Crippen LogP contribution in [0.2, 0.25) is 0 Å². The first-order valence-corrected chi connectivity index (χ1v) is 18.4. The third-order valence-electron chi connectivity index (χ3n) is 10.9. The van der Waals surface area contributed by atoms with Gasteiger partial charge in [-0.05, 0) is 61.5 Å². The van der Waals surface area contributed by atoms with E-state index in [0.717, 1.165) is 60.9 Å². The standard InChI is InChI=1S/C52H32O2/c1-4-15-33(16-5-1)34-27-29-36(30-28-34)46-38-21-10-12-23-40(38)48(41-24-13-11-22-39(41)46)42-25-14-26-43-49-44(54-52(42)43)31-32-45-50(49)47(35-17-6-2-7-18-35)51(53-45)37-19-8-3-9-20-37/h1-32H. The summed E-state index contributed by atoms with van der Waals surface area (Å²) in [6.07, 6.45) is 0. The fraction of sp³-hybridized carbons (Fsp3) is 0. The van der Waals surface area contributed by atoms with Gasteiger partial charge >= 0.3 is 0 Å². The molecule has 0 radical (unpaired) electrons. The van der Waals surface area contributed by atoms with Crippen molar-refractivity contribution >= 4 is 54.5 Å². The molecule has 0 saturated carbocycles. The molecule has 2 aromatic heterocycles. The summed E-state index contributed by atoms with van der Waals surface area (Å²) < 4.78 is 13.7. The molecule has 0 amide bonds. The second-order valence-corrected chi connectivity index (χ2v) is 13.9. The number of hydrogen-bond acceptors (Lipinski definition) is 2. The summed E-state index contributed by atoms with van der Waals surface area (Å²) in [6, 6.07) is 68.9. The van der Waals surface area contributed by atoms with Crippen LogP contribution in [0.3, 0.4) is 0 Å². The molecule has 0 aliphatic rings. The number of benzene rings is 9. The Morgan fingerprint density at radius 3 is 1.31 bits per heavy atom. The van der Waals surface area contributed by atoms with Crippen molar-refractivity contribution in [2.75, 3.05) is 0 Å². The minimum atomic E-state index is 0.839. The third kappa shape index (κ3) is 4.67. The average Bonchev–Trinajstić information content (AvgIpc) is 3.83. The molecule has 0 N–H and O–H groups in total. The molecule has 2 heterocycles. The van der Waals surface area contributed by atoms with Gasteiger partial charge in [0, 0.05) is 38.4 Å². The zero-order valence-electron chi connectivity index (χ0n) is 29.3. The highest BCUT2D eigenvalue weighted by molar-refractivity contribution is 6.28. The van der Waals surface area contributed by atoms with Gasteiger partial charge in [-0.15, -0.1) is 0 Å². The average molecular weight is 689 g/mol. The van der Waals surface area contributed by atoms with E-state index in [2.05, 4.69) is 188 Å². The summed E-state index contributed by atoms with van der Waals surface area (Å²) in [5.41, 5.74) is 12.9. The Labute approximate surface area is 312 Å². The van der Waals surface area contributed by atoms with Gasteiger partial charge in [-0.1, -0.05) is 182 Å². The molecule has 0 spiro atoms. The summed E-state index contributed by atoms with van der Waals surface area (Å²) in [6.45, 7) is 0. The van der Waals surface area contributed by atoms with Crippen LogP contribution in [0, 0.1) is 0 Å². The normalized spacial score (nSPS) is 11.7. The van der Waals surface area contributed by atoms with Gasteiger partial charge < -0.3 is 8.83 Å². The van der Waals surface area contributed by atoms with Gasteiger partial charge in [-0.25, -0.2) is 0 Å². The molecule has 0 aliphatic carbocycles. The van der Waals surface area contributed by atoms with Crippen molar-refractivity contribution in [1.82, 2.24) is 0 Å². The summed E-state index contributed by atoms with van der Waals surface area (Å²) in [5, 5.41) is 8.01. The summed E-state index contributed by atoms with van der Waals surface area (Å²) in [5.74, 6) is 0.860. The highest BCUT2D eigenvalue weighted by Crippen LogP contribution is 2.50. The predicted molar refractivity (Wildman–Crippen MR) is 226 cm³/mol. The monoisotopic (exact) mass is 688 g/mol. The first-order valence-electron chi connectivity index (χ1n) is 18.4. The van der Waals surface area contributed by atoms with Gasteiger partial charge in [0.05, 0.1) is 0 Å². The number of fused-ring (bicyclic) bond motifs is 7. The molecule has 54 heavy (non-hydrogen) atoms. The fourth-order valence-electron chi connectivity index (χ4n) is 8.54. The van der Waals surface area contributed by atoms with Gasteiger partial charge in [0.1, 0.15) is 22.5 Å². The van der Waals surface area contributed by atoms with Gasteiger partial charge in [-0.3, -0.25) is 0 Å². The lowest BCUT2D eigenvalue weighted by Gasteiger charge is -2.18. The van der Waals surface area contributed by atoms with Crippen molar-refractivity contribution < 1.29 is 8.83 Å². The number of furan rings is 2. The lowest BCUT2D eigenvalue weighted by molar-refractivity contribution is 0.632. The molecular formula is C52H32O2. The van der Waals surface area contributed by atoms with Crippen molar-refractivity contribution in [2.45, 2.75) is 0 Å². The molecule has 2 nitrogen and oxygen atoms in total. The quantitative estimate of drug-likeness (QED) is 0.168.